The van der Waals surface area contributed by atoms with Gasteiger partial charge in [0.2, 0.25) is 0 Å². The van der Waals surface area contributed by atoms with E-state index in [1.807, 2.05) is 0 Å². The Balaban J connectivity index is 2.23. The number of rotatable bonds is 6. The molecule has 0 saturated heterocycles. The Morgan fingerprint density at radius 2 is 2.15 bits per heavy atom. The summed E-state index contributed by atoms with van der Waals surface area (Å²) in [5.41, 5.74) is 0. The molecule has 0 fully saturated rings. The molecule has 2 aromatic rings. The first kappa shape index (κ1) is 14.4. The fourth-order valence-corrected chi connectivity index (χ4v) is 1.78. The highest BCUT2D eigenvalue weighted by Gasteiger charge is 2.13. The van der Waals surface area contributed by atoms with E-state index >= 15 is 0 Å². The molecule has 1 aromatic carbocycles. The van der Waals surface area contributed by atoms with Gasteiger partial charge in [-0.25, -0.2) is 0 Å². The van der Waals surface area contributed by atoms with Crippen LogP contribution in [0, 0.1) is 0 Å². The predicted octanol–water partition coefficient (Wildman–Crippen LogP) is 3.84. The minimum atomic E-state index is 0.0416. The summed E-state index contributed by atoms with van der Waals surface area (Å²) in [4.78, 5) is 0. The summed E-state index contributed by atoms with van der Waals surface area (Å²) in [5.74, 6) is 1.19. The van der Waals surface area contributed by atoms with Crippen LogP contribution in [0.1, 0.15) is 19.8 Å². The zero-order chi connectivity index (χ0) is 14.4. The van der Waals surface area contributed by atoms with Crippen LogP contribution in [0.5, 0.6) is 17.2 Å². The van der Waals surface area contributed by atoms with Gasteiger partial charge in [0.15, 0.2) is 23.1 Å². The number of nitrogens with one attached hydrogen (secondary N) is 1. The molecular weight excluding hydrogens is 278 g/mol. The van der Waals surface area contributed by atoms with Crippen LogP contribution in [-0.4, -0.2) is 21.8 Å². The lowest BCUT2D eigenvalue weighted by Crippen LogP contribution is -2.05. The zero-order valence-electron chi connectivity index (χ0n) is 11.1. The number of unbranched alkanes of at least 4 members (excludes halogenated alkanes) is 1. The lowest BCUT2D eigenvalue weighted by Gasteiger charge is -2.13. The SMILES string of the molecule is CCCCNc1nncc(Cl)c1Oc1ccccc1O. The van der Waals surface area contributed by atoms with Gasteiger partial charge in [-0.15, -0.1) is 5.10 Å². The van der Waals surface area contributed by atoms with Crippen molar-refractivity contribution >= 4 is 17.4 Å². The van der Waals surface area contributed by atoms with E-state index in [4.69, 9.17) is 16.3 Å². The monoisotopic (exact) mass is 293 g/mol. The summed E-state index contributed by atoms with van der Waals surface area (Å²) in [7, 11) is 0. The van der Waals surface area contributed by atoms with Crippen LogP contribution < -0.4 is 10.1 Å². The van der Waals surface area contributed by atoms with Crippen molar-refractivity contribution in [1.29, 1.82) is 0 Å². The molecule has 0 unspecified atom stereocenters. The van der Waals surface area contributed by atoms with Crippen LogP contribution in [-0.2, 0) is 0 Å². The van der Waals surface area contributed by atoms with Crippen molar-refractivity contribution in [3.05, 3.63) is 35.5 Å². The van der Waals surface area contributed by atoms with E-state index in [2.05, 4.69) is 22.4 Å². The van der Waals surface area contributed by atoms with Gasteiger partial charge in [-0.3, -0.25) is 0 Å². The molecule has 0 atom stereocenters. The largest absolute Gasteiger partial charge is 0.504 e. The Bertz CT molecular complexity index is 578. The number of ether oxygens (including phenoxy) is 1. The van der Waals surface area contributed by atoms with Gasteiger partial charge in [0.05, 0.1) is 6.20 Å². The molecular formula is C14H16ClN3O2. The van der Waals surface area contributed by atoms with E-state index in [0.717, 1.165) is 19.4 Å². The number of aromatic nitrogens is 2. The van der Waals surface area contributed by atoms with E-state index in [0.29, 0.717) is 22.3 Å². The van der Waals surface area contributed by atoms with Gasteiger partial charge in [-0.1, -0.05) is 37.1 Å². The second kappa shape index (κ2) is 6.96. The first-order chi connectivity index (χ1) is 9.72. The van der Waals surface area contributed by atoms with Crippen LogP contribution in [0.25, 0.3) is 0 Å². The first-order valence-electron chi connectivity index (χ1n) is 6.43. The normalized spacial score (nSPS) is 10.3. The van der Waals surface area contributed by atoms with Crippen LogP contribution >= 0.6 is 11.6 Å². The molecule has 106 valence electrons. The fourth-order valence-electron chi connectivity index (χ4n) is 1.60. The number of nitrogens with zero attached hydrogens (tertiary/aromatic N) is 2. The van der Waals surface area contributed by atoms with E-state index in [1.54, 1.807) is 24.3 Å². The Morgan fingerprint density at radius 3 is 2.90 bits per heavy atom. The molecule has 0 bridgehead atoms. The summed E-state index contributed by atoms with van der Waals surface area (Å²) < 4.78 is 5.65. The topological polar surface area (TPSA) is 67.3 Å². The van der Waals surface area contributed by atoms with Gasteiger partial charge in [0.1, 0.15) is 5.02 Å². The van der Waals surface area contributed by atoms with Crippen molar-refractivity contribution in [3.8, 4) is 17.2 Å². The molecule has 0 aliphatic rings. The molecule has 20 heavy (non-hydrogen) atoms. The first-order valence-corrected chi connectivity index (χ1v) is 6.81. The Hall–Kier alpha value is -2.01. The molecule has 0 aliphatic heterocycles. The predicted molar refractivity (Wildman–Crippen MR) is 78.6 cm³/mol. The number of phenolic OH excluding ortho intramolecular Hbond substituents is 1. The maximum atomic E-state index is 9.74. The number of phenols is 1. The van der Waals surface area contributed by atoms with Crippen molar-refractivity contribution in [2.24, 2.45) is 0 Å². The van der Waals surface area contributed by atoms with Crippen molar-refractivity contribution in [3.63, 3.8) is 0 Å². The van der Waals surface area contributed by atoms with Crippen LogP contribution in [0.15, 0.2) is 30.5 Å². The molecule has 5 nitrogen and oxygen atoms in total. The number of hydrogen-bond donors (Lipinski definition) is 2. The van der Waals surface area contributed by atoms with E-state index in [-0.39, 0.29) is 5.75 Å². The smallest absolute Gasteiger partial charge is 0.193 e. The molecule has 6 heteroatoms. The molecule has 0 aliphatic carbocycles. The van der Waals surface area contributed by atoms with E-state index in [9.17, 15) is 5.11 Å². The molecule has 2 N–H and O–H groups in total. The van der Waals surface area contributed by atoms with Gasteiger partial charge in [0.25, 0.3) is 0 Å². The third-order valence-corrected chi connectivity index (χ3v) is 2.93. The molecule has 1 heterocycles. The summed E-state index contributed by atoms with van der Waals surface area (Å²) in [6, 6.07) is 6.68. The van der Waals surface area contributed by atoms with Crippen molar-refractivity contribution < 1.29 is 9.84 Å². The maximum absolute atomic E-state index is 9.74. The summed E-state index contributed by atoms with van der Waals surface area (Å²) in [6.07, 6.45) is 3.47. The zero-order valence-corrected chi connectivity index (χ0v) is 11.9. The van der Waals surface area contributed by atoms with Gasteiger partial charge >= 0.3 is 0 Å². The third kappa shape index (κ3) is 3.51. The average Bonchev–Trinajstić information content (AvgIpc) is 2.44. The standard InChI is InChI=1S/C14H16ClN3O2/c1-2-3-8-16-14-13(10(15)9-17-18-14)20-12-7-5-4-6-11(12)19/h4-7,9,19H,2-3,8H2,1H3,(H,16,18). The highest BCUT2D eigenvalue weighted by molar-refractivity contribution is 6.32. The highest BCUT2D eigenvalue weighted by atomic mass is 35.5. The van der Waals surface area contributed by atoms with Gasteiger partial charge in [-0.2, -0.15) is 5.10 Å². The number of hydrogen-bond acceptors (Lipinski definition) is 5. The molecule has 0 amide bonds. The summed E-state index contributed by atoms with van der Waals surface area (Å²) >= 11 is 6.10. The second-order valence-electron chi connectivity index (χ2n) is 4.22. The lowest BCUT2D eigenvalue weighted by atomic mass is 10.3. The van der Waals surface area contributed by atoms with Gasteiger partial charge in [-0.05, 0) is 18.6 Å². The van der Waals surface area contributed by atoms with Gasteiger partial charge in [0, 0.05) is 6.54 Å². The van der Waals surface area contributed by atoms with Gasteiger partial charge < -0.3 is 15.2 Å². The minimum absolute atomic E-state index is 0.0416. The van der Waals surface area contributed by atoms with Crippen molar-refractivity contribution in [2.45, 2.75) is 19.8 Å². The third-order valence-electron chi connectivity index (χ3n) is 2.66. The quantitative estimate of drug-likeness (QED) is 0.792. The summed E-state index contributed by atoms with van der Waals surface area (Å²) in [5, 5.41) is 21.0. The number of anilines is 1. The van der Waals surface area contributed by atoms with Crippen LogP contribution in [0.4, 0.5) is 5.82 Å². The van der Waals surface area contributed by atoms with E-state index in [1.165, 1.54) is 6.20 Å². The van der Waals surface area contributed by atoms with Crippen molar-refractivity contribution in [1.82, 2.24) is 10.2 Å². The Labute approximate surface area is 122 Å². The number of aromatic hydroxyl groups is 1. The molecule has 2 rings (SSSR count). The fraction of sp³-hybridized carbons (Fsp3) is 0.286. The Morgan fingerprint density at radius 1 is 1.35 bits per heavy atom. The number of para-hydroxylation sites is 2. The van der Waals surface area contributed by atoms with E-state index < -0.39 is 0 Å². The molecule has 0 saturated carbocycles. The number of halogens is 1. The van der Waals surface area contributed by atoms with Crippen LogP contribution in [0.3, 0.4) is 0 Å². The molecule has 0 spiro atoms. The lowest BCUT2D eigenvalue weighted by molar-refractivity contribution is 0.411. The average molecular weight is 294 g/mol. The molecule has 1 aromatic heterocycles. The van der Waals surface area contributed by atoms with Crippen molar-refractivity contribution in [2.75, 3.05) is 11.9 Å². The second-order valence-corrected chi connectivity index (χ2v) is 4.63. The Kier molecular flexibility index (Phi) is 5.01. The number of benzene rings is 1. The van der Waals surface area contributed by atoms with Crippen LogP contribution in [0.2, 0.25) is 5.02 Å². The summed E-state index contributed by atoms with van der Waals surface area (Å²) in [6.45, 7) is 2.85. The minimum Gasteiger partial charge on any atom is -0.504 e. The molecule has 0 radical (unpaired) electrons. The highest BCUT2D eigenvalue weighted by Crippen LogP contribution is 2.37. The maximum Gasteiger partial charge on any atom is 0.193 e.